The van der Waals surface area contributed by atoms with E-state index < -0.39 is 6.04 Å². The van der Waals surface area contributed by atoms with Crippen LogP contribution < -0.4 is 5.32 Å². The molecule has 0 bridgehead atoms. The predicted molar refractivity (Wildman–Crippen MR) is 84.8 cm³/mol. The molecule has 0 spiro atoms. The molecule has 0 aromatic heterocycles. The highest BCUT2D eigenvalue weighted by molar-refractivity contribution is 9.10. The average Bonchev–Trinajstić information content (AvgIpc) is 2.38. The lowest BCUT2D eigenvalue weighted by Gasteiger charge is -2.19. The van der Waals surface area contributed by atoms with Crippen molar-refractivity contribution >= 4 is 21.9 Å². The van der Waals surface area contributed by atoms with Gasteiger partial charge in [-0.15, -0.1) is 0 Å². The number of esters is 1. The molecule has 112 valence electrons. The van der Waals surface area contributed by atoms with Crippen LogP contribution in [0.3, 0.4) is 0 Å². The average molecular weight is 343 g/mol. The Bertz CT molecular complexity index is 449. The zero-order valence-corrected chi connectivity index (χ0v) is 14.2. The molecule has 1 aromatic rings. The number of carbonyl (C=O) groups excluding carboxylic acids is 1. The van der Waals surface area contributed by atoms with Gasteiger partial charge in [0.2, 0.25) is 0 Å². The second-order valence-corrected chi connectivity index (χ2v) is 5.81. The lowest BCUT2D eigenvalue weighted by Crippen LogP contribution is -2.35. The molecule has 1 unspecified atom stereocenters. The summed E-state index contributed by atoms with van der Waals surface area (Å²) in [6.45, 7) is 5.81. The van der Waals surface area contributed by atoms with Crippen molar-refractivity contribution < 1.29 is 9.53 Å². The van der Waals surface area contributed by atoms with E-state index in [1.54, 1.807) is 0 Å². The van der Waals surface area contributed by atoms with Crippen LogP contribution in [-0.4, -0.2) is 44.7 Å². The first-order valence-corrected chi connectivity index (χ1v) is 7.55. The second-order valence-electron chi connectivity index (χ2n) is 4.95. The number of nitrogens with zero attached hydrogens (tertiary/aromatic N) is 1. The quantitative estimate of drug-likeness (QED) is 0.773. The third-order valence-electron chi connectivity index (χ3n) is 2.95. The Balaban J connectivity index is 2.85. The van der Waals surface area contributed by atoms with E-state index in [9.17, 15) is 4.79 Å². The molecular weight excluding hydrogens is 320 g/mol. The van der Waals surface area contributed by atoms with Crippen LogP contribution in [-0.2, 0) is 9.53 Å². The molecule has 20 heavy (non-hydrogen) atoms. The van der Waals surface area contributed by atoms with Crippen molar-refractivity contribution in [2.45, 2.75) is 19.9 Å². The summed E-state index contributed by atoms with van der Waals surface area (Å²) < 4.78 is 6.20. The maximum Gasteiger partial charge on any atom is 0.327 e. The van der Waals surface area contributed by atoms with Crippen LogP contribution in [0.15, 0.2) is 22.7 Å². The minimum Gasteiger partial charge on any atom is -0.465 e. The van der Waals surface area contributed by atoms with Gasteiger partial charge in [-0.2, -0.15) is 0 Å². The Morgan fingerprint density at radius 2 is 2.15 bits per heavy atom. The molecule has 0 aliphatic rings. The monoisotopic (exact) mass is 342 g/mol. The first-order chi connectivity index (χ1) is 9.45. The van der Waals surface area contributed by atoms with Gasteiger partial charge < -0.3 is 9.64 Å². The van der Waals surface area contributed by atoms with Gasteiger partial charge in [0.05, 0.1) is 6.61 Å². The van der Waals surface area contributed by atoms with Crippen molar-refractivity contribution in [3.8, 4) is 0 Å². The zero-order chi connectivity index (χ0) is 15.1. The summed E-state index contributed by atoms with van der Waals surface area (Å²) in [6.07, 6.45) is 0. The van der Waals surface area contributed by atoms with Crippen molar-refractivity contribution in [2.24, 2.45) is 0 Å². The molecule has 0 aliphatic carbocycles. The molecule has 0 fully saturated rings. The third kappa shape index (κ3) is 5.23. The molecule has 0 saturated carbocycles. The predicted octanol–water partition coefficient (Wildman–Crippen LogP) is 2.51. The molecule has 0 heterocycles. The van der Waals surface area contributed by atoms with Crippen LogP contribution in [0.25, 0.3) is 0 Å². The number of halogens is 1. The van der Waals surface area contributed by atoms with Crippen molar-refractivity contribution in [1.29, 1.82) is 0 Å². The van der Waals surface area contributed by atoms with Gasteiger partial charge in [-0.3, -0.25) is 5.32 Å². The first kappa shape index (κ1) is 17.1. The third-order valence-corrected chi connectivity index (χ3v) is 3.83. The van der Waals surface area contributed by atoms with E-state index in [-0.39, 0.29) is 5.97 Å². The van der Waals surface area contributed by atoms with Crippen molar-refractivity contribution in [2.75, 3.05) is 33.8 Å². The SMILES string of the molecule is CCOC(=O)C(NCCN(C)C)c1ccc(Br)c(C)c1. The molecule has 0 radical (unpaired) electrons. The maximum atomic E-state index is 12.1. The van der Waals surface area contributed by atoms with Crippen LogP contribution in [0.1, 0.15) is 24.1 Å². The molecule has 1 atom stereocenters. The molecular formula is C15H23BrN2O2. The number of likely N-dealkylation sites (N-methyl/N-ethyl adjacent to an activating group) is 1. The molecule has 0 amide bonds. The number of nitrogens with one attached hydrogen (secondary N) is 1. The van der Waals surface area contributed by atoms with E-state index in [1.165, 1.54) is 0 Å². The molecule has 5 heteroatoms. The normalized spacial score (nSPS) is 12.5. The highest BCUT2D eigenvalue weighted by atomic mass is 79.9. The molecule has 0 saturated heterocycles. The summed E-state index contributed by atoms with van der Waals surface area (Å²) in [4.78, 5) is 14.2. The van der Waals surface area contributed by atoms with E-state index in [0.29, 0.717) is 6.61 Å². The minimum atomic E-state index is -0.415. The van der Waals surface area contributed by atoms with Gasteiger partial charge in [0.15, 0.2) is 0 Å². The van der Waals surface area contributed by atoms with E-state index in [2.05, 4.69) is 26.1 Å². The molecule has 4 nitrogen and oxygen atoms in total. The van der Waals surface area contributed by atoms with E-state index in [0.717, 1.165) is 28.7 Å². The Hall–Kier alpha value is -0.910. The summed E-state index contributed by atoms with van der Waals surface area (Å²) in [5.41, 5.74) is 2.04. The van der Waals surface area contributed by atoms with Crippen molar-refractivity contribution in [3.05, 3.63) is 33.8 Å². The standard InChI is InChI=1S/C15H23BrN2O2/c1-5-20-15(19)14(17-8-9-18(3)4)12-6-7-13(16)11(2)10-12/h6-7,10,14,17H,5,8-9H2,1-4H3. The Kier molecular flexibility index (Phi) is 7.19. The maximum absolute atomic E-state index is 12.1. The van der Waals surface area contributed by atoms with Gasteiger partial charge in [-0.1, -0.05) is 28.1 Å². The fourth-order valence-corrected chi connectivity index (χ4v) is 2.09. The Morgan fingerprint density at radius 3 is 2.70 bits per heavy atom. The van der Waals surface area contributed by atoms with Gasteiger partial charge in [0, 0.05) is 17.6 Å². The molecule has 1 rings (SSSR count). The topological polar surface area (TPSA) is 41.6 Å². The molecule has 0 aliphatic heterocycles. The fraction of sp³-hybridized carbons (Fsp3) is 0.533. The first-order valence-electron chi connectivity index (χ1n) is 6.76. The van der Waals surface area contributed by atoms with Crippen molar-refractivity contribution in [3.63, 3.8) is 0 Å². The Morgan fingerprint density at radius 1 is 1.45 bits per heavy atom. The number of ether oxygens (including phenoxy) is 1. The number of rotatable bonds is 7. The number of carbonyl (C=O) groups is 1. The number of benzene rings is 1. The summed E-state index contributed by atoms with van der Waals surface area (Å²) >= 11 is 3.47. The lowest BCUT2D eigenvalue weighted by atomic mass is 10.0. The zero-order valence-electron chi connectivity index (χ0n) is 12.6. The summed E-state index contributed by atoms with van der Waals surface area (Å²) in [5, 5.41) is 3.27. The van der Waals surface area contributed by atoms with Gasteiger partial charge in [-0.25, -0.2) is 4.79 Å². The summed E-state index contributed by atoms with van der Waals surface area (Å²) in [6, 6.07) is 5.50. The second kappa shape index (κ2) is 8.39. The van der Waals surface area contributed by atoms with E-state index in [1.807, 2.05) is 46.1 Å². The lowest BCUT2D eigenvalue weighted by molar-refractivity contribution is -0.145. The van der Waals surface area contributed by atoms with E-state index in [4.69, 9.17) is 4.74 Å². The highest BCUT2D eigenvalue weighted by Gasteiger charge is 2.21. The summed E-state index contributed by atoms with van der Waals surface area (Å²) in [7, 11) is 4.01. The van der Waals surface area contributed by atoms with Gasteiger partial charge in [0.1, 0.15) is 6.04 Å². The van der Waals surface area contributed by atoms with Crippen LogP contribution >= 0.6 is 15.9 Å². The van der Waals surface area contributed by atoms with Crippen LogP contribution in [0.4, 0.5) is 0 Å². The van der Waals surface area contributed by atoms with E-state index >= 15 is 0 Å². The highest BCUT2D eigenvalue weighted by Crippen LogP contribution is 2.22. The molecule has 1 N–H and O–H groups in total. The van der Waals surface area contributed by atoms with Gasteiger partial charge in [-0.05, 0) is 45.1 Å². The fourth-order valence-electron chi connectivity index (χ4n) is 1.84. The van der Waals surface area contributed by atoms with Crippen LogP contribution in [0, 0.1) is 6.92 Å². The van der Waals surface area contributed by atoms with Gasteiger partial charge >= 0.3 is 5.97 Å². The Labute approximate surface area is 129 Å². The minimum absolute atomic E-state index is 0.229. The molecule has 1 aromatic carbocycles. The van der Waals surface area contributed by atoms with Crippen molar-refractivity contribution in [1.82, 2.24) is 10.2 Å². The largest absolute Gasteiger partial charge is 0.465 e. The number of hydrogen-bond donors (Lipinski definition) is 1. The number of aryl methyl sites for hydroxylation is 1. The smallest absolute Gasteiger partial charge is 0.327 e. The van der Waals surface area contributed by atoms with Gasteiger partial charge in [0.25, 0.3) is 0 Å². The van der Waals surface area contributed by atoms with Crippen LogP contribution in [0.2, 0.25) is 0 Å². The number of hydrogen-bond acceptors (Lipinski definition) is 4. The van der Waals surface area contributed by atoms with Crippen LogP contribution in [0.5, 0.6) is 0 Å². The summed E-state index contributed by atoms with van der Waals surface area (Å²) in [5.74, 6) is -0.229.